The highest BCUT2D eigenvalue weighted by Gasteiger charge is 2.47. The Hall–Kier alpha value is -1.80. The summed E-state index contributed by atoms with van der Waals surface area (Å²) in [5.41, 5.74) is 1.28. The molecule has 2 atom stereocenters. The van der Waals surface area contributed by atoms with Gasteiger partial charge in [0.25, 0.3) is 0 Å². The van der Waals surface area contributed by atoms with Gasteiger partial charge in [-0.2, -0.15) is 0 Å². The summed E-state index contributed by atoms with van der Waals surface area (Å²) in [6.45, 7) is 10.00. The normalized spacial score (nSPS) is 25.0. The van der Waals surface area contributed by atoms with E-state index in [0.29, 0.717) is 17.7 Å². The Morgan fingerprint density at radius 1 is 1.46 bits per heavy atom. The van der Waals surface area contributed by atoms with Crippen molar-refractivity contribution in [2.45, 2.75) is 71.1 Å². The molecule has 0 bridgehead atoms. The molecular weight excluding hydrogens is 333 g/mol. The summed E-state index contributed by atoms with van der Waals surface area (Å²) >= 11 is 0. The highest BCUT2D eigenvalue weighted by Crippen LogP contribution is 2.39. The third-order valence-corrected chi connectivity index (χ3v) is 5.19. The number of aromatic nitrogens is 1. The van der Waals surface area contributed by atoms with Gasteiger partial charge in [0.2, 0.25) is 0 Å². The molecule has 1 saturated heterocycles. The van der Waals surface area contributed by atoms with Crippen LogP contribution < -0.4 is 10.8 Å². The van der Waals surface area contributed by atoms with E-state index in [4.69, 9.17) is 4.74 Å². The molecule has 1 spiro atoms. The molecule has 7 nitrogen and oxygen atoms in total. The molecule has 142 valence electrons. The first kappa shape index (κ1) is 19.0. The minimum Gasteiger partial charge on any atom is -0.444 e. The maximum absolute atomic E-state index is 12.5. The van der Waals surface area contributed by atoms with E-state index in [1.165, 1.54) is 0 Å². The van der Waals surface area contributed by atoms with Gasteiger partial charge in [0, 0.05) is 23.7 Å². The lowest BCUT2D eigenvalue weighted by Crippen LogP contribution is -2.47. The molecule has 1 amide bonds. The Morgan fingerprint density at radius 3 is 2.77 bits per heavy atom. The average Bonchev–Trinajstić information content (AvgIpc) is 2.81. The van der Waals surface area contributed by atoms with E-state index >= 15 is 0 Å². The van der Waals surface area contributed by atoms with Crippen LogP contribution in [-0.2, 0) is 11.2 Å². The van der Waals surface area contributed by atoms with Crippen molar-refractivity contribution >= 4 is 24.5 Å². The zero-order chi connectivity index (χ0) is 19.3. The summed E-state index contributed by atoms with van der Waals surface area (Å²) in [6, 6.07) is 1.89. The van der Waals surface area contributed by atoms with Crippen LogP contribution in [0.1, 0.15) is 51.8 Å². The largest absolute Gasteiger partial charge is 0.490 e. The zero-order valence-electron chi connectivity index (χ0n) is 16.2. The fourth-order valence-corrected chi connectivity index (χ4v) is 3.97. The number of carbonyl (C=O) groups excluding carboxylic acids is 1. The molecule has 3 heterocycles. The van der Waals surface area contributed by atoms with E-state index in [1.54, 1.807) is 11.8 Å². The molecule has 1 aromatic rings. The number of hydrogen-bond donors (Lipinski definition) is 3. The van der Waals surface area contributed by atoms with Gasteiger partial charge in [-0.1, -0.05) is 6.07 Å². The molecule has 1 aromatic heterocycles. The van der Waals surface area contributed by atoms with Gasteiger partial charge in [-0.3, -0.25) is 0 Å². The SMILES string of the molecule is Cc1nc2c(cc1B(O)O)CCC1(CC(C)N(C(=O)OC(C)(C)C)C1)N2. The minimum absolute atomic E-state index is 0.0820. The molecule has 26 heavy (non-hydrogen) atoms. The third kappa shape index (κ3) is 3.66. The van der Waals surface area contributed by atoms with Crippen molar-refractivity contribution < 1.29 is 19.6 Å². The molecule has 3 N–H and O–H groups in total. The van der Waals surface area contributed by atoms with Gasteiger partial charge in [0.1, 0.15) is 11.4 Å². The number of carbonyl (C=O) groups is 1. The van der Waals surface area contributed by atoms with Gasteiger partial charge in [-0.25, -0.2) is 9.78 Å². The predicted octanol–water partition coefficient (Wildman–Crippen LogP) is 1.20. The average molecular weight is 361 g/mol. The Balaban J connectivity index is 1.80. The third-order valence-electron chi connectivity index (χ3n) is 5.19. The van der Waals surface area contributed by atoms with Crippen LogP contribution in [0.15, 0.2) is 6.07 Å². The number of ether oxygens (including phenoxy) is 1. The Morgan fingerprint density at radius 2 is 2.15 bits per heavy atom. The maximum Gasteiger partial charge on any atom is 0.490 e. The van der Waals surface area contributed by atoms with Crippen molar-refractivity contribution in [3.63, 3.8) is 0 Å². The van der Waals surface area contributed by atoms with Crippen LogP contribution in [0.5, 0.6) is 0 Å². The number of nitrogens with zero attached hydrogens (tertiary/aromatic N) is 2. The van der Waals surface area contributed by atoms with Crippen LogP contribution in [0.4, 0.5) is 10.6 Å². The number of hydrogen-bond acceptors (Lipinski definition) is 6. The Bertz CT molecular complexity index is 719. The highest BCUT2D eigenvalue weighted by molar-refractivity contribution is 6.59. The number of fused-ring (bicyclic) bond motifs is 1. The monoisotopic (exact) mass is 361 g/mol. The second-order valence-electron chi connectivity index (χ2n) is 8.61. The molecule has 0 saturated carbocycles. The molecule has 3 rings (SSSR count). The summed E-state index contributed by atoms with van der Waals surface area (Å²) in [6.07, 6.45) is 2.19. The molecule has 0 aromatic carbocycles. The number of anilines is 1. The fraction of sp³-hybridized carbons (Fsp3) is 0.667. The fourth-order valence-electron chi connectivity index (χ4n) is 3.97. The van der Waals surface area contributed by atoms with Crippen molar-refractivity contribution in [3.8, 4) is 0 Å². The smallest absolute Gasteiger partial charge is 0.444 e. The van der Waals surface area contributed by atoms with Gasteiger partial charge < -0.3 is 25.0 Å². The van der Waals surface area contributed by atoms with Gasteiger partial charge in [0.05, 0.1) is 5.54 Å². The molecule has 0 aliphatic carbocycles. The van der Waals surface area contributed by atoms with Crippen molar-refractivity contribution in [2.24, 2.45) is 0 Å². The lowest BCUT2D eigenvalue weighted by molar-refractivity contribution is 0.0231. The van der Waals surface area contributed by atoms with E-state index in [9.17, 15) is 14.8 Å². The molecule has 2 unspecified atom stereocenters. The minimum atomic E-state index is -1.52. The van der Waals surface area contributed by atoms with E-state index in [0.717, 1.165) is 30.6 Å². The van der Waals surface area contributed by atoms with Crippen LogP contribution in [0.2, 0.25) is 0 Å². The summed E-state index contributed by atoms with van der Waals surface area (Å²) in [7, 11) is -1.52. The van der Waals surface area contributed by atoms with Crippen molar-refractivity contribution in [1.29, 1.82) is 0 Å². The van der Waals surface area contributed by atoms with Gasteiger partial charge >= 0.3 is 13.2 Å². The maximum atomic E-state index is 12.5. The molecule has 2 aliphatic rings. The number of amides is 1. The second kappa shape index (κ2) is 6.42. The van der Waals surface area contributed by atoms with Crippen LogP contribution >= 0.6 is 0 Å². The highest BCUT2D eigenvalue weighted by atomic mass is 16.6. The van der Waals surface area contributed by atoms with Gasteiger partial charge in [-0.15, -0.1) is 0 Å². The summed E-state index contributed by atoms with van der Waals surface area (Å²) in [5, 5.41) is 22.5. The summed E-state index contributed by atoms with van der Waals surface area (Å²) in [5.74, 6) is 0.774. The van der Waals surface area contributed by atoms with E-state index < -0.39 is 12.7 Å². The van der Waals surface area contributed by atoms with Crippen LogP contribution in [0.3, 0.4) is 0 Å². The van der Waals surface area contributed by atoms with Crippen molar-refractivity contribution in [3.05, 3.63) is 17.3 Å². The summed E-state index contributed by atoms with van der Waals surface area (Å²) in [4.78, 5) is 18.9. The first-order valence-corrected chi connectivity index (χ1v) is 9.14. The molecule has 2 aliphatic heterocycles. The molecule has 1 fully saturated rings. The van der Waals surface area contributed by atoms with E-state index in [2.05, 4.69) is 10.3 Å². The standard InChI is InChI=1S/C18H28BN3O4/c1-11-9-18(10-22(11)16(23)26-17(3,4)5)7-6-13-8-14(19(24)25)12(2)20-15(13)21-18/h8,11,24-25H,6-7,9-10H2,1-5H3,(H,20,21). The van der Waals surface area contributed by atoms with E-state index in [1.807, 2.05) is 33.8 Å². The van der Waals surface area contributed by atoms with Crippen molar-refractivity contribution in [1.82, 2.24) is 9.88 Å². The number of likely N-dealkylation sites (tertiary alicyclic amines) is 1. The number of aryl methyl sites for hydroxylation is 2. The molecule has 8 heteroatoms. The van der Waals surface area contributed by atoms with Crippen LogP contribution in [0.25, 0.3) is 0 Å². The lowest BCUT2D eigenvalue weighted by atomic mass is 9.77. The Kier molecular flexibility index (Phi) is 4.69. The zero-order valence-corrected chi connectivity index (χ0v) is 16.2. The molecule has 0 radical (unpaired) electrons. The quantitative estimate of drug-likeness (QED) is 0.651. The topological polar surface area (TPSA) is 94.9 Å². The predicted molar refractivity (Wildman–Crippen MR) is 100 cm³/mol. The lowest BCUT2D eigenvalue weighted by Gasteiger charge is -2.36. The van der Waals surface area contributed by atoms with Gasteiger partial charge in [-0.05, 0) is 59.4 Å². The first-order chi connectivity index (χ1) is 12.0. The second-order valence-corrected chi connectivity index (χ2v) is 8.61. The number of nitrogens with one attached hydrogen (secondary N) is 1. The van der Waals surface area contributed by atoms with E-state index in [-0.39, 0.29) is 17.7 Å². The first-order valence-electron chi connectivity index (χ1n) is 9.14. The number of pyridine rings is 1. The van der Waals surface area contributed by atoms with Crippen molar-refractivity contribution in [2.75, 3.05) is 11.9 Å². The Labute approximate surface area is 154 Å². The molecular formula is C18H28BN3O4. The van der Waals surface area contributed by atoms with Gasteiger partial charge in [0.15, 0.2) is 0 Å². The number of rotatable bonds is 1. The summed E-state index contributed by atoms with van der Waals surface area (Å²) < 4.78 is 5.54. The van der Waals surface area contributed by atoms with Crippen LogP contribution in [0, 0.1) is 6.92 Å². The van der Waals surface area contributed by atoms with Crippen LogP contribution in [-0.4, -0.2) is 56.9 Å².